The molecule has 1 aliphatic rings. The second-order valence-corrected chi connectivity index (χ2v) is 15.3. The van der Waals surface area contributed by atoms with E-state index in [1.54, 1.807) is 12.3 Å². The number of nitriles is 1. The predicted molar refractivity (Wildman–Crippen MR) is 192 cm³/mol. The molecule has 0 N–H and O–H groups in total. The average molecular weight is 604 g/mol. The summed E-state index contributed by atoms with van der Waals surface area (Å²) in [5.74, 6) is 0. The molecule has 0 saturated heterocycles. The van der Waals surface area contributed by atoms with Gasteiger partial charge in [-0.1, -0.05) is 127 Å². The van der Waals surface area contributed by atoms with Crippen molar-refractivity contribution in [1.82, 2.24) is 4.98 Å². The minimum Gasteiger partial charge on any atom is -0.311 e. The van der Waals surface area contributed by atoms with E-state index in [1.165, 1.54) is 32.1 Å². The van der Waals surface area contributed by atoms with Crippen LogP contribution in [0.15, 0.2) is 176 Å². The molecule has 46 heavy (non-hydrogen) atoms. The molecule has 1 aliphatic heterocycles. The topological polar surface area (TPSA) is 39.9 Å². The van der Waals surface area contributed by atoms with Crippen molar-refractivity contribution in [3.8, 4) is 28.3 Å². The molecule has 6 aromatic carbocycles. The van der Waals surface area contributed by atoms with Crippen LogP contribution in [0.3, 0.4) is 0 Å². The summed E-state index contributed by atoms with van der Waals surface area (Å²) >= 11 is 0. The lowest BCUT2D eigenvalue weighted by Gasteiger charge is -2.45. The van der Waals surface area contributed by atoms with E-state index < -0.39 is 8.07 Å². The van der Waals surface area contributed by atoms with Crippen LogP contribution in [-0.4, -0.2) is 13.1 Å². The van der Waals surface area contributed by atoms with E-state index in [4.69, 9.17) is 0 Å². The Morgan fingerprint density at radius 2 is 1.00 bits per heavy atom. The van der Waals surface area contributed by atoms with Crippen molar-refractivity contribution in [3.05, 3.63) is 182 Å². The summed E-state index contributed by atoms with van der Waals surface area (Å²) in [4.78, 5) is 6.73. The van der Waals surface area contributed by atoms with E-state index in [1.807, 2.05) is 6.07 Å². The Morgan fingerprint density at radius 1 is 0.478 bits per heavy atom. The summed E-state index contributed by atoms with van der Waals surface area (Å²) in [6.45, 7) is 0. The molecule has 0 atom stereocenters. The Bertz CT molecular complexity index is 2130. The first kappa shape index (κ1) is 27.5. The SMILES string of the molecule is N#Cc1ccc(-c2cccc(-c3cccc(N4c5ccccc5[Si](c5ccccc5)(c5ccccc5)c5ccccc54)c3)c2)cn1. The smallest absolute Gasteiger partial charge is 0.184 e. The number of anilines is 3. The maximum Gasteiger partial charge on any atom is 0.184 e. The standard InChI is InChI=1S/C42H29N3Si/c43-29-35-26-25-34(30-44-35)32-14-11-13-31(27-32)33-15-12-16-36(28-33)45-39-21-7-9-23-41(39)46(37-17-3-1-4-18-37,38-19-5-2-6-20-38)42-24-10-8-22-40(42)45/h1-28,30H. The third-order valence-electron chi connectivity index (χ3n) is 9.02. The molecule has 3 nitrogen and oxygen atoms in total. The van der Waals surface area contributed by atoms with E-state index in [9.17, 15) is 5.26 Å². The number of pyridine rings is 1. The number of aromatic nitrogens is 1. The average Bonchev–Trinajstić information content (AvgIpc) is 3.14. The summed E-state index contributed by atoms with van der Waals surface area (Å²) in [7, 11) is -2.65. The zero-order valence-corrected chi connectivity index (χ0v) is 26.1. The number of fused-ring (bicyclic) bond motifs is 2. The molecule has 8 rings (SSSR count). The van der Waals surface area contributed by atoms with Gasteiger partial charge < -0.3 is 4.90 Å². The molecule has 0 spiro atoms. The Morgan fingerprint density at radius 3 is 1.57 bits per heavy atom. The molecule has 216 valence electrons. The van der Waals surface area contributed by atoms with Crippen molar-refractivity contribution in [1.29, 1.82) is 5.26 Å². The van der Waals surface area contributed by atoms with E-state index in [-0.39, 0.29) is 0 Å². The summed E-state index contributed by atoms with van der Waals surface area (Å²) < 4.78 is 0. The molecule has 1 aromatic heterocycles. The van der Waals surface area contributed by atoms with Gasteiger partial charge in [0.05, 0.1) is 0 Å². The number of hydrogen-bond donors (Lipinski definition) is 0. The number of hydrogen-bond acceptors (Lipinski definition) is 3. The summed E-state index contributed by atoms with van der Waals surface area (Å²) in [6.07, 6.45) is 1.77. The number of para-hydroxylation sites is 2. The highest BCUT2D eigenvalue weighted by Crippen LogP contribution is 2.39. The van der Waals surface area contributed by atoms with Gasteiger partial charge >= 0.3 is 0 Å². The Kier molecular flexibility index (Phi) is 6.87. The molecule has 0 saturated carbocycles. The second-order valence-electron chi connectivity index (χ2n) is 11.5. The first-order valence-electron chi connectivity index (χ1n) is 15.4. The fraction of sp³-hybridized carbons (Fsp3) is 0. The van der Waals surface area contributed by atoms with Crippen LogP contribution in [0.4, 0.5) is 17.1 Å². The van der Waals surface area contributed by atoms with Gasteiger partial charge in [0.2, 0.25) is 0 Å². The molecule has 4 heteroatoms. The molecular formula is C42H29N3Si. The van der Waals surface area contributed by atoms with Crippen LogP contribution in [0.5, 0.6) is 0 Å². The first-order valence-corrected chi connectivity index (χ1v) is 17.4. The van der Waals surface area contributed by atoms with Gasteiger partial charge in [0.15, 0.2) is 8.07 Å². The number of rotatable bonds is 5. The molecule has 0 unspecified atom stereocenters. The monoisotopic (exact) mass is 603 g/mol. The van der Waals surface area contributed by atoms with Crippen LogP contribution in [0.1, 0.15) is 5.69 Å². The van der Waals surface area contributed by atoms with Crippen LogP contribution in [0.25, 0.3) is 22.3 Å². The number of benzene rings is 6. The van der Waals surface area contributed by atoms with Crippen molar-refractivity contribution in [2.75, 3.05) is 4.90 Å². The lowest BCUT2D eigenvalue weighted by Crippen LogP contribution is -2.77. The third-order valence-corrected chi connectivity index (χ3v) is 13.9. The Balaban J connectivity index is 1.31. The van der Waals surface area contributed by atoms with Crippen LogP contribution in [0, 0.1) is 11.3 Å². The molecule has 0 radical (unpaired) electrons. The largest absolute Gasteiger partial charge is 0.311 e. The summed E-state index contributed by atoms with van der Waals surface area (Å²) in [6, 6.07) is 63.4. The molecule has 0 bridgehead atoms. The molecule has 2 heterocycles. The van der Waals surface area contributed by atoms with Crippen molar-refractivity contribution in [2.24, 2.45) is 0 Å². The highest BCUT2D eigenvalue weighted by atomic mass is 28.3. The van der Waals surface area contributed by atoms with E-state index in [0.29, 0.717) is 5.69 Å². The normalized spacial score (nSPS) is 12.9. The molecule has 0 fully saturated rings. The lowest BCUT2D eigenvalue weighted by atomic mass is 9.99. The highest BCUT2D eigenvalue weighted by molar-refractivity contribution is 7.21. The van der Waals surface area contributed by atoms with Crippen LogP contribution in [0.2, 0.25) is 0 Å². The number of nitrogens with zero attached hydrogens (tertiary/aromatic N) is 3. The molecule has 7 aromatic rings. The van der Waals surface area contributed by atoms with Crippen molar-refractivity contribution >= 4 is 45.9 Å². The Labute approximate surface area is 270 Å². The van der Waals surface area contributed by atoms with Gasteiger partial charge in [-0.25, -0.2) is 4.98 Å². The fourth-order valence-electron chi connectivity index (χ4n) is 7.02. The van der Waals surface area contributed by atoms with Gasteiger partial charge in [-0.05, 0) is 79.9 Å². The van der Waals surface area contributed by atoms with Crippen molar-refractivity contribution < 1.29 is 0 Å². The molecule has 0 aliphatic carbocycles. The van der Waals surface area contributed by atoms with E-state index in [0.717, 1.165) is 27.9 Å². The quantitative estimate of drug-likeness (QED) is 0.192. The van der Waals surface area contributed by atoms with Crippen LogP contribution < -0.4 is 25.6 Å². The second kappa shape index (κ2) is 11.5. The van der Waals surface area contributed by atoms with Gasteiger partial charge in [0.25, 0.3) is 0 Å². The predicted octanol–water partition coefficient (Wildman–Crippen LogP) is 7.45. The van der Waals surface area contributed by atoms with Gasteiger partial charge in [0.1, 0.15) is 11.8 Å². The zero-order valence-electron chi connectivity index (χ0n) is 25.1. The van der Waals surface area contributed by atoms with Crippen molar-refractivity contribution in [2.45, 2.75) is 0 Å². The minimum absolute atomic E-state index is 0.418. The van der Waals surface area contributed by atoms with Gasteiger partial charge in [-0.3, -0.25) is 0 Å². The van der Waals surface area contributed by atoms with E-state index >= 15 is 0 Å². The summed E-state index contributed by atoms with van der Waals surface area (Å²) in [5.41, 5.74) is 8.28. The zero-order chi connectivity index (χ0) is 30.9. The molecular weight excluding hydrogens is 575 g/mol. The van der Waals surface area contributed by atoms with Gasteiger partial charge in [-0.15, -0.1) is 0 Å². The highest BCUT2D eigenvalue weighted by Gasteiger charge is 2.48. The maximum atomic E-state index is 9.18. The first-order chi connectivity index (χ1) is 22.8. The Hall–Kier alpha value is -6.02. The lowest BCUT2D eigenvalue weighted by molar-refractivity contribution is 1.26. The van der Waals surface area contributed by atoms with Crippen molar-refractivity contribution in [3.63, 3.8) is 0 Å². The van der Waals surface area contributed by atoms with E-state index in [2.05, 4.69) is 174 Å². The maximum absolute atomic E-state index is 9.18. The van der Waals surface area contributed by atoms with Crippen LogP contribution in [-0.2, 0) is 0 Å². The fourth-order valence-corrected chi connectivity index (χ4v) is 12.1. The van der Waals surface area contributed by atoms with Gasteiger partial charge in [-0.2, -0.15) is 5.26 Å². The van der Waals surface area contributed by atoms with Gasteiger partial charge in [0, 0.05) is 28.8 Å². The molecule has 0 amide bonds. The third kappa shape index (κ3) is 4.45. The summed E-state index contributed by atoms with van der Waals surface area (Å²) in [5, 5.41) is 14.7. The minimum atomic E-state index is -2.65. The van der Waals surface area contributed by atoms with Crippen LogP contribution >= 0.6 is 0 Å².